The van der Waals surface area contributed by atoms with Gasteiger partial charge in [0.25, 0.3) is 0 Å². The molecular formula is C16H22N4O2S. The van der Waals surface area contributed by atoms with Crippen LogP contribution >= 0.6 is 11.3 Å². The topological polar surface area (TPSA) is 70.4 Å². The number of aromatic nitrogens is 1. The van der Waals surface area contributed by atoms with E-state index in [9.17, 15) is 4.79 Å². The minimum atomic E-state index is -0.00531. The van der Waals surface area contributed by atoms with Gasteiger partial charge < -0.3 is 15.1 Å². The Morgan fingerprint density at radius 1 is 1.48 bits per heavy atom. The minimum absolute atomic E-state index is 0.00531. The average Bonchev–Trinajstić information content (AvgIpc) is 3.19. The van der Waals surface area contributed by atoms with Crippen LogP contribution in [0.15, 0.2) is 21.9 Å². The standard InChI is InChI=1S/C16H22N4O2S/c1-12-13(19-16(22-12)14-3-2-10-23-14)11-15(21)18-6-9-20-7-4-17-5-8-20/h2-3,10,17H,4-9,11H2,1H3,(H,18,21). The zero-order chi connectivity index (χ0) is 16.1. The molecule has 0 unspecified atom stereocenters. The van der Waals surface area contributed by atoms with E-state index in [4.69, 9.17) is 4.42 Å². The summed E-state index contributed by atoms with van der Waals surface area (Å²) >= 11 is 1.58. The van der Waals surface area contributed by atoms with Gasteiger partial charge in [0.1, 0.15) is 5.76 Å². The summed E-state index contributed by atoms with van der Waals surface area (Å²) in [6, 6.07) is 3.93. The number of hydrogen-bond acceptors (Lipinski definition) is 6. The van der Waals surface area contributed by atoms with Crippen LogP contribution in [0.25, 0.3) is 10.8 Å². The molecule has 1 aliphatic heterocycles. The fourth-order valence-electron chi connectivity index (χ4n) is 2.60. The molecule has 0 saturated carbocycles. The number of nitrogens with zero attached hydrogens (tertiary/aromatic N) is 2. The summed E-state index contributed by atoms with van der Waals surface area (Å²) in [4.78, 5) is 19.9. The molecule has 2 N–H and O–H groups in total. The molecule has 124 valence electrons. The summed E-state index contributed by atoms with van der Waals surface area (Å²) in [5, 5.41) is 8.27. The van der Waals surface area contributed by atoms with Crippen molar-refractivity contribution in [2.75, 3.05) is 39.3 Å². The van der Waals surface area contributed by atoms with Gasteiger partial charge in [-0.05, 0) is 18.4 Å². The molecule has 0 aliphatic carbocycles. The number of thiophene rings is 1. The lowest BCUT2D eigenvalue weighted by molar-refractivity contribution is -0.120. The van der Waals surface area contributed by atoms with E-state index in [2.05, 4.69) is 20.5 Å². The van der Waals surface area contributed by atoms with Gasteiger partial charge in [-0.15, -0.1) is 11.3 Å². The molecule has 0 spiro atoms. The van der Waals surface area contributed by atoms with Gasteiger partial charge in [0.05, 0.1) is 17.0 Å². The third-order valence-electron chi connectivity index (χ3n) is 3.91. The molecule has 7 heteroatoms. The van der Waals surface area contributed by atoms with Crippen molar-refractivity contribution >= 4 is 17.2 Å². The zero-order valence-corrected chi connectivity index (χ0v) is 14.1. The van der Waals surface area contributed by atoms with E-state index in [-0.39, 0.29) is 12.3 Å². The van der Waals surface area contributed by atoms with Crippen LogP contribution in [0.5, 0.6) is 0 Å². The van der Waals surface area contributed by atoms with E-state index >= 15 is 0 Å². The Balaban J connectivity index is 1.48. The Bertz CT molecular complexity index is 633. The van der Waals surface area contributed by atoms with Crippen molar-refractivity contribution in [1.82, 2.24) is 20.5 Å². The van der Waals surface area contributed by atoms with E-state index in [0.29, 0.717) is 23.9 Å². The highest BCUT2D eigenvalue weighted by Gasteiger charge is 2.15. The Kier molecular flexibility index (Phi) is 5.43. The van der Waals surface area contributed by atoms with Crippen LogP contribution in [-0.2, 0) is 11.2 Å². The third-order valence-corrected chi connectivity index (χ3v) is 4.77. The van der Waals surface area contributed by atoms with E-state index < -0.39 is 0 Å². The largest absolute Gasteiger partial charge is 0.440 e. The second kappa shape index (κ2) is 7.72. The van der Waals surface area contributed by atoms with Crippen LogP contribution in [0.1, 0.15) is 11.5 Å². The van der Waals surface area contributed by atoms with Gasteiger partial charge in [-0.1, -0.05) is 6.07 Å². The summed E-state index contributed by atoms with van der Waals surface area (Å²) < 4.78 is 5.66. The monoisotopic (exact) mass is 334 g/mol. The highest BCUT2D eigenvalue weighted by atomic mass is 32.1. The second-order valence-electron chi connectivity index (χ2n) is 5.62. The molecule has 1 amide bonds. The SMILES string of the molecule is Cc1oc(-c2cccs2)nc1CC(=O)NCCN1CCNCC1. The molecule has 0 radical (unpaired) electrons. The first-order chi connectivity index (χ1) is 11.2. The Morgan fingerprint density at radius 3 is 3.04 bits per heavy atom. The van der Waals surface area contributed by atoms with Gasteiger partial charge in [0.15, 0.2) is 0 Å². The maximum absolute atomic E-state index is 12.1. The lowest BCUT2D eigenvalue weighted by atomic mass is 10.2. The Morgan fingerprint density at radius 2 is 2.30 bits per heavy atom. The van der Waals surface area contributed by atoms with Crippen LogP contribution in [-0.4, -0.2) is 55.1 Å². The van der Waals surface area contributed by atoms with Crippen molar-refractivity contribution in [3.05, 3.63) is 29.0 Å². The van der Waals surface area contributed by atoms with Crippen LogP contribution in [0.3, 0.4) is 0 Å². The first kappa shape index (κ1) is 16.2. The lowest BCUT2D eigenvalue weighted by Crippen LogP contribution is -2.46. The number of hydrogen-bond donors (Lipinski definition) is 2. The molecule has 3 heterocycles. The van der Waals surface area contributed by atoms with Gasteiger partial charge in [-0.2, -0.15) is 0 Å². The van der Waals surface area contributed by atoms with Crippen molar-refractivity contribution in [2.45, 2.75) is 13.3 Å². The number of aryl methyl sites for hydroxylation is 1. The molecule has 0 atom stereocenters. The van der Waals surface area contributed by atoms with Crippen LogP contribution in [0, 0.1) is 6.92 Å². The van der Waals surface area contributed by atoms with E-state index in [1.807, 2.05) is 24.4 Å². The van der Waals surface area contributed by atoms with Crippen LogP contribution in [0.2, 0.25) is 0 Å². The van der Waals surface area contributed by atoms with Crippen molar-refractivity contribution in [3.63, 3.8) is 0 Å². The van der Waals surface area contributed by atoms with Crippen molar-refractivity contribution < 1.29 is 9.21 Å². The molecule has 1 fully saturated rings. The van der Waals surface area contributed by atoms with Crippen LogP contribution < -0.4 is 10.6 Å². The number of oxazole rings is 1. The molecule has 0 aromatic carbocycles. The number of amides is 1. The molecule has 0 bridgehead atoms. The highest BCUT2D eigenvalue weighted by molar-refractivity contribution is 7.13. The minimum Gasteiger partial charge on any atom is -0.440 e. The molecule has 3 rings (SSSR count). The van der Waals surface area contributed by atoms with Gasteiger partial charge in [-0.25, -0.2) is 4.98 Å². The summed E-state index contributed by atoms with van der Waals surface area (Å²) in [6.45, 7) is 7.56. The first-order valence-electron chi connectivity index (χ1n) is 7.92. The molecular weight excluding hydrogens is 312 g/mol. The average molecular weight is 334 g/mol. The fourth-order valence-corrected chi connectivity index (χ4v) is 3.25. The van der Waals surface area contributed by atoms with Crippen molar-refractivity contribution in [2.24, 2.45) is 0 Å². The first-order valence-corrected chi connectivity index (χ1v) is 8.80. The quantitative estimate of drug-likeness (QED) is 0.833. The maximum Gasteiger partial charge on any atom is 0.236 e. The zero-order valence-electron chi connectivity index (χ0n) is 13.3. The Labute approximate surface area is 139 Å². The maximum atomic E-state index is 12.1. The van der Waals surface area contributed by atoms with Gasteiger partial charge in [0, 0.05) is 39.3 Å². The van der Waals surface area contributed by atoms with E-state index in [1.165, 1.54) is 0 Å². The van der Waals surface area contributed by atoms with Gasteiger partial charge >= 0.3 is 0 Å². The van der Waals surface area contributed by atoms with Crippen molar-refractivity contribution in [1.29, 1.82) is 0 Å². The molecule has 2 aromatic heterocycles. The summed E-state index contributed by atoms with van der Waals surface area (Å²) in [7, 11) is 0. The molecule has 23 heavy (non-hydrogen) atoms. The summed E-state index contributed by atoms with van der Waals surface area (Å²) in [5.74, 6) is 1.31. The van der Waals surface area contributed by atoms with E-state index in [0.717, 1.165) is 37.6 Å². The number of carbonyl (C=O) groups excluding carboxylic acids is 1. The van der Waals surface area contributed by atoms with E-state index in [1.54, 1.807) is 11.3 Å². The number of rotatable bonds is 6. The summed E-state index contributed by atoms with van der Waals surface area (Å²) in [5.41, 5.74) is 0.716. The number of carbonyl (C=O) groups is 1. The van der Waals surface area contributed by atoms with Crippen molar-refractivity contribution in [3.8, 4) is 10.8 Å². The predicted molar refractivity (Wildman–Crippen MR) is 90.6 cm³/mol. The smallest absolute Gasteiger partial charge is 0.236 e. The number of piperazine rings is 1. The molecule has 2 aromatic rings. The van der Waals surface area contributed by atoms with Gasteiger partial charge in [0.2, 0.25) is 11.8 Å². The Hall–Kier alpha value is -1.70. The number of nitrogens with one attached hydrogen (secondary N) is 2. The van der Waals surface area contributed by atoms with Gasteiger partial charge in [-0.3, -0.25) is 9.69 Å². The normalized spacial score (nSPS) is 15.7. The third kappa shape index (κ3) is 4.40. The summed E-state index contributed by atoms with van der Waals surface area (Å²) in [6.07, 6.45) is 0.266. The predicted octanol–water partition coefficient (Wildman–Crippen LogP) is 1.28. The molecule has 1 aliphatic rings. The highest BCUT2D eigenvalue weighted by Crippen LogP contribution is 2.25. The molecule has 1 saturated heterocycles. The fraction of sp³-hybridized carbons (Fsp3) is 0.500. The second-order valence-corrected chi connectivity index (χ2v) is 6.57. The molecule has 6 nitrogen and oxygen atoms in total. The van der Waals surface area contributed by atoms with Crippen LogP contribution in [0.4, 0.5) is 0 Å². The lowest BCUT2D eigenvalue weighted by Gasteiger charge is -2.27.